The normalized spacial score (nSPS) is 10.4. The predicted molar refractivity (Wildman–Crippen MR) is 70.1 cm³/mol. The van der Waals surface area contributed by atoms with Crippen LogP contribution < -0.4 is 9.30 Å². The fourth-order valence-electron chi connectivity index (χ4n) is 1.47. The number of halogens is 2. The van der Waals surface area contributed by atoms with Crippen LogP contribution in [0.25, 0.3) is 0 Å². The van der Waals surface area contributed by atoms with Gasteiger partial charge >= 0.3 is 0 Å². The van der Waals surface area contributed by atoms with Crippen LogP contribution in [0.1, 0.15) is 5.56 Å². The van der Waals surface area contributed by atoms with Crippen LogP contribution in [0, 0.1) is 0 Å². The van der Waals surface area contributed by atoms with Gasteiger partial charge in [-0.25, -0.2) is 4.57 Å². The number of ether oxygens (including phenoxy) is 1. The highest BCUT2D eigenvalue weighted by Gasteiger charge is 2.10. The van der Waals surface area contributed by atoms with Gasteiger partial charge in [0, 0.05) is 29.8 Å². The van der Waals surface area contributed by atoms with Crippen LogP contribution in [0.5, 0.6) is 11.5 Å². The molecule has 18 heavy (non-hydrogen) atoms. The van der Waals surface area contributed by atoms with E-state index in [-0.39, 0.29) is 5.75 Å². The van der Waals surface area contributed by atoms with Crippen molar-refractivity contribution in [2.24, 2.45) is 7.05 Å². The molecule has 2 rings (SSSR count). The summed E-state index contributed by atoms with van der Waals surface area (Å²) in [5.74, 6) is 0.397. The van der Waals surface area contributed by atoms with Gasteiger partial charge in [0.25, 0.3) is 0 Å². The molecule has 0 spiro atoms. The number of hydrogen-bond donors (Lipinski definition) is 1. The average Bonchev–Trinajstić information content (AvgIpc) is 2.30. The molecule has 0 bridgehead atoms. The van der Waals surface area contributed by atoms with E-state index in [0.717, 1.165) is 5.56 Å². The van der Waals surface area contributed by atoms with Crippen molar-refractivity contribution in [3.63, 3.8) is 0 Å². The van der Waals surface area contributed by atoms with Gasteiger partial charge in [0.2, 0.25) is 0 Å². The van der Waals surface area contributed by atoms with Crippen molar-refractivity contribution in [1.29, 1.82) is 0 Å². The maximum absolute atomic E-state index is 9.31. The van der Waals surface area contributed by atoms with Gasteiger partial charge in [0.1, 0.15) is 19.4 Å². The number of aromatic hydroxyl groups is 1. The number of pyridine rings is 1. The smallest absolute Gasteiger partial charge is 0.168 e. The van der Waals surface area contributed by atoms with Gasteiger partial charge in [-0.1, -0.05) is 23.2 Å². The van der Waals surface area contributed by atoms with Crippen LogP contribution in [-0.2, 0) is 13.7 Å². The maximum atomic E-state index is 9.31. The summed E-state index contributed by atoms with van der Waals surface area (Å²) in [4.78, 5) is 0. The van der Waals surface area contributed by atoms with Crippen LogP contribution in [0.15, 0.2) is 36.7 Å². The molecule has 0 saturated carbocycles. The molecule has 0 unspecified atom stereocenters. The molecule has 1 aromatic heterocycles. The van der Waals surface area contributed by atoms with Gasteiger partial charge in [-0.05, 0) is 0 Å². The minimum absolute atomic E-state index is 0.0177. The van der Waals surface area contributed by atoms with Crippen LogP contribution >= 0.6 is 23.2 Å². The molecule has 0 aliphatic rings. The van der Waals surface area contributed by atoms with E-state index in [2.05, 4.69) is 0 Å². The van der Waals surface area contributed by atoms with Gasteiger partial charge in [0.05, 0.1) is 10.0 Å². The van der Waals surface area contributed by atoms with E-state index in [0.29, 0.717) is 22.4 Å². The quantitative estimate of drug-likeness (QED) is 0.879. The summed E-state index contributed by atoms with van der Waals surface area (Å²) < 4.78 is 7.50. The largest absolute Gasteiger partial charge is 0.508 e. The fourth-order valence-corrected chi connectivity index (χ4v) is 2.05. The summed E-state index contributed by atoms with van der Waals surface area (Å²) >= 11 is 11.9. The molecular weight excluding hydrogens is 273 g/mol. The number of benzene rings is 1. The Morgan fingerprint density at radius 3 is 2.28 bits per heavy atom. The molecule has 0 atom stereocenters. The van der Waals surface area contributed by atoms with Crippen LogP contribution in [0.2, 0.25) is 10.0 Å². The lowest BCUT2D eigenvalue weighted by Gasteiger charge is -2.10. The molecule has 0 saturated heterocycles. The Balaban J connectivity index is 2.13. The minimum atomic E-state index is 0.0177. The first-order valence-electron chi connectivity index (χ1n) is 5.31. The van der Waals surface area contributed by atoms with E-state index < -0.39 is 0 Å². The zero-order valence-corrected chi connectivity index (χ0v) is 11.2. The fraction of sp³-hybridized carbons (Fsp3) is 0.154. The lowest BCUT2D eigenvalue weighted by molar-refractivity contribution is -0.671. The minimum Gasteiger partial charge on any atom is -0.508 e. The third-order valence-corrected chi connectivity index (χ3v) is 2.98. The number of rotatable bonds is 3. The van der Waals surface area contributed by atoms with Gasteiger partial charge < -0.3 is 9.84 Å². The summed E-state index contributed by atoms with van der Waals surface area (Å²) in [7, 11) is 1.94. The SMILES string of the molecule is C[n+]1ccc(COc2c(Cl)cc(O)cc2Cl)cc1. The highest BCUT2D eigenvalue weighted by molar-refractivity contribution is 6.37. The first-order valence-corrected chi connectivity index (χ1v) is 6.07. The van der Waals surface area contributed by atoms with Crippen molar-refractivity contribution < 1.29 is 14.4 Å². The molecule has 94 valence electrons. The first kappa shape index (κ1) is 13.0. The monoisotopic (exact) mass is 284 g/mol. The molecule has 2 aromatic rings. The average molecular weight is 285 g/mol. The van der Waals surface area contributed by atoms with E-state index in [4.69, 9.17) is 27.9 Å². The molecule has 0 aliphatic carbocycles. The Morgan fingerprint density at radius 2 is 1.72 bits per heavy atom. The number of hydrogen-bond acceptors (Lipinski definition) is 2. The van der Waals surface area contributed by atoms with E-state index in [9.17, 15) is 5.11 Å². The van der Waals surface area contributed by atoms with Gasteiger partial charge in [-0.2, -0.15) is 0 Å². The van der Waals surface area contributed by atoms with Gasteiger partial charge in [-0.3, -0.25) is 0 Å². The second kappa shape index (κ2) is 5.46. The highest BCUT2D eigenvalue weighted by Crippen LogP contribution is 2.36. The topological polar surface area (TPSA) is 33.3 Å². The van der Waals surface area contributed by atoms with Crippen molar-refractivity contribution in [1.82, 2.24) is 0 Å². The maximum Gasteiger partial charge on any atom is 0.168 e. The second-order valence-corrected chi connectivity index (χ2v) is 4.71. The van der Waals surface area contributed by atoms with Crippen molar-refractivity contribution in [2.45, 2.75) is 6.61 Å². The molecule has 3 nitrogen and oxygen atoms in total. The number of aryl methyl sites for hydroxylation is 1. The van der Waals surface area contributed by atoms with E-state index >= 15 is 0 Å². The summed E-state index contributed by atoms with van der Waals surface area (Å²) in [6.45, 7) is 0.366. The molecule has 0 fully saturated rings. The van der Waals surface area contributed by atoms with E-state index in [1.165, 1.54) is 12.1 Å². The lowest BCUT2D eigenvalue weighted by Crippen LogP contribution is -2.26. The third kappa shape index (κ3) is 3.06. The Kier molecular flexibility index (Phi) is 3.94. The van der Waals surface area contributed by atoms with Crippen LogP contribution in [-0.4, -0.2) is 5.11 Å². The summed E-state index contributed by atoms with van der Waals surface area (Å²) in [6, 6.07) is 6.69. The predicted octanol–water partition coefficient (Wildman–Crippen LogP) is 3.10. The molecule has 0 radical (unpaired) electrons. The van der Waals surface area contributed by atoms with Gasteiger partial charge in [0.15, 0.2) is 18.1 Å². The number of phenolic OH excluding ortho intramolecular Hbond substituents is 1. The number of aromatic nitrogens is 1. The Hall–Kier alpha value is -1.45. The molecule has 0 amide bonds. The zero-order chi connectivity index (χ0) is 13.1. The van der Waals surface area contributed by atoms with Gasteiger partial charge in [-0.15, -0.1) is 0 Å². The van der Waals surface area contributed by atoms with Crippen LogP contribution in [0.4, 0.5) is 0 Å². The summed E-state index contributed by atoms with van der Waals surface area (Å²) in [5.41, 5.74) is 1.01. The standard InChI is InChI=1S/C13H11Cl2NO2/c1-16-4-2-9(3-5-16)8-18-13-11(14)6-10(17)7-12(13)15/h2-7H,8H2,1H3/p+1. The van der Waals surface area contributed by atoms with E-state index in [1.807, 2.05) is 36.1 Å². The summed E-state index contributed by atoms with van der Waals surface area (Å²) in [5, 5.41) is 9.89. The Labute approximate surface area is 115 Å². The van der Waals surface area contributed by atoms with Crippen molar-refractivity contribution in [3.8, 4) is 11.5 Å². The molecule has 1 N–H and O–H groups in total. The molecule has 1 heterocycles. The Bertz CT molecular complexity index is 532. The molecule has 5 heteroatoms. The molecular formula is C13H12Cl2NO2+. The zero-order valence-electron chi connectivity index (χ0n) is 9.73. The lowest BCUT2D eigenvalue weighted by atomic mass is 10.3. The number of nitrogens with zero attached hydrogens (tertiary/aromatic N) is 1. The Morgan fingerprint density at radius 1 is 1.17 bits per heavy atom. The van der Waals surface area contributed by atoms with Crippen molar-refractivity contribution in [3.05, 3.63) is 52.3 Å². The third-order valence-electron chi connectivity index (χ3n) is 2.41. The van der Waals surface area contributed by atoms with E-state index in [1.54, 1.807) is 0 Å². The molecule has 0 aliphatic heterocycles. The van der Waals surface area contributed by atoms with Crippen molar-refractivity contribution in [2.75, 3.05) is 0 Å². The molecule has 1 aromatic carbocycles. The van der Waals surface area contributed by atoms with Crippen LogP contribution in [0.3, 0.4) is 0 Å². The summed E-state index contributed by atoms with van der Waals surface area (Å²) in [6.07, 6.45) is 3.86. The number of phenols is 1. The first-order chi connectivity index (χ1) is 8.56. The van der Waals surface area contributed by atoms with Crippen molar-refractivity contribution >= 4 is 23.2 Å². The highest BCUT2D eigenvalue weighted by atomic mass is 35.5. The second-order valence-electron chi connectivity index (χ2n) is 3.90.